The predicted molar refractivity (Wildman–Crippen MR) is 63.2 cm³/mol. The molecule has 0 N–H and O–H groups in total. The molecule has 0 amide bonds. The van der Waals surface area contributed by atoms with Crippen LogP contribution in [0.15, 0.2) is 0 Å². The van der Waals surface area contributed by atoms with Crippen molar-refractivity contribution < 1.29 is 0 Å². The van der Waals surface area contributed by atoms with Gasteiger partial charge in [-0.15, -0.1) is 5.10 Å². The maximum atomic E-state index is 6.01. The quantitative estimate of drug-likeness (QED) is 0.799. The van der Waals surface area contributed by atoms with E-state index in [0.29, 0.717) is 6.04 Å². The fourth-order valence-corrected chi connectivity index (χ4v) is 2.19. The molecule has 0 unspecified atom stereocenters. The van der Waals surface area contributed by atoms with Crippen LogP contribution in [0.4, 0.5) is 0 Å². The van der Waals surface area contributed by atoms with Gasteiger partial charge in [0.05, 0.1) is 0 Å². The number of halogens is 1. The summed E-state index contributed by atoms with van der Waals surface area (Å²) in [5.74, 6) is 0.901. The first kappa shape index (κ1) is 11.3. The molecular formula is C10H16ClN3S. The van der Waals surface area contributed by atoms with E-state index in [0.717, 1.165) is 22.5 Å². The second-order valence-corrected chi connectivity index (χ2v) is 5.82. The van der Waals surface area contributed by atoms with Gasteiger partial charge < -0.3 is 0 Å². The largest absolute Gasteiger partial charge is 0.295 e. The summed E-state index contributed by atoms with van der Waals surface area (Å²) in [6.45, 7) is 6.45. The molecule has 2 rings (SSSR count). The molecule has 0 bridgehead atoms. The number of aromatic nitrogens is 2. The van der Waals surface area contributed by atoms with E-state index in [1.165, 1.54) is 30.9 Å². The van der Waals surface area contributed by atoms with Gasteiger partial charge in [-0.3, -0.25) is 4.90 Å². The normalized spacial score (nSPS) is 16.6. The molecule has 1 aliphatic rings. The summed E-state index contributed by atoms with van der Waals surface area (Å²) in [4.78, 5) is 2.43. The molecule has 0 aliphatic heterocycles. The second kappa shape index (κ2) is 4.76. The van der Waals surface area contributed by atoms with E-state index >= 15 is 0 Å². The maximum absolute atomic E-state index is 6.01. The van der Waals surface area contributed by atoms with Crippen molar-refractivity contribution in [1.82, 2.24) is 14.5 Å². The molecule has 84 valence electrons. The monoisotopic (exact) mass is 245 g/mol. The summed E-state index contributed by atoms with van der Waals surface area (Å²) in [6, 6.07) is 0.545. The van der Waals surface area contributed by atoms with Crippen LogP contribution in [0, 0.1) is 5.92 Å². The van der Waals surface area contributed by atoms with E-state index < -0.39 is 0 Å². The minimum absolute atomic E-state index is 0.545. The Labute approximate surface area is 99.6 Å². The standard InChI is InChI=1S/C10H16ClN3S/c1-7(2)14(5-8-3-4-8)6-9-10(11)15-13-12-9/h7-8H,3-6H2,1-2H3. The Morgan fingerprint density at radius 1 is 1.53 bits per heavy atom. The van der Waals surface area contributed by atoms with Crippen LogP contribution in [0.25, 0.3) is 0 Å². The Morgan fingerprint density at radius 3 is 2.73 bits per heavy atom. The minimum Gasteiger partial charge on any atom is -0.295 e. The van der Waals surface area contributed by atoms with Crippen LogP contribution >= 0.6 is 23.1 Å². The van der Waals surface area contributed by atoms with Gasteiger partial charge in [0.1, 0.15) is 10.0 Å². The zero-order chi connectivity index (χ0) is 10.8. The van der Waals surface area contributed by atoms with E-state index in [9.17, 15) is 0 Å². The van der Waals surface area contributed by atoms with Gasteiger partial charge in [-0.2, -0.15) is 0 Å². The van der Waals surface area contributed by atoms with Gasteiger partial charge in [-0.1, -0.05) is 16.1 Å². The van der Waals surface area contributed by atoms with E-state index in [-0.39, 0.29) is 0 Å². The molecule has 1 aliphatic carbocycles. The van der Waals surface area contributed by atoms with Gasteiger partial charge in [0, 0.05) is 30.7 Å². The third-order valence-corrected chi connectivity index (χ3v) is 3.77. The van der Waals surface area contributed by atoms with Gasteiger partial charge >= 0.3 is 0 Å². The van der Waals surface area contributed by atoms with Crippen molar-refractivity contribution in [3.63, 3.8) is 0 Å². The predicted octanol–water partition coefficient (Wildman–Crippen LogP) is 2.81. The molecule has 5 heteroatoms. The summed E-state index contributed by atoms with van der Waals surface area (Å²) in [7, 11) is 0. The second-order valence-electron chi connectivity index (χ2n) is 4.46. The lowest BCUT2D eigenvalue weighted by molar-refractivity contribution is 0.201. The highest BCUT2D eigenvalue weighted by Gasteiger charge is 2.26. The maximum Gasteiger partial charge on any atom is 0.138 e. The summed E-state index contributed by atoms with van der Waals surface area (Å²) in [6.07, 6.45) is 2.76. The van der Waals surface area contributed by atoms with Crippen LogP contribution in [0.2, 0.25) is 4.34 Å². The molecule has 0 atom stereocenters. The van der Waals surface area contributed by atoms with Gasteiger partial charge in [-0.25, -0.2) is 0 Å². The van der Waals surface area contributed by atoms with Crippen molar-refractivity contribution in [2.45, 2.75) is 39.3 Å². The lowest BCUT2D eigenvalue weighted by atomic mass is 10.2. The molecule has 0 saturated heterocycles. The van der Waals surface area contributed by atoms with Crippen LogP contribution < -0.4 is 0 Å². The molecular weight excluding hydrogens is 230 g/mol. The first-order valence-electron chi connectivity index (χ1n) is 5.37. The van der Waals surface area contributed by atoms with E-state index in [2.05, 4.69) is 28.3 Å². The lowest BCUT2D eigenvalue weighted by Crippen LogP contribution is -2.32. The summed E-state index contributed by atoms with van der Waals surface area (Å²) in [5, 5.41) is 4.06. The molecule has 3 nitrogen and oxygen atoms in total. The molecule has 0 aromatic carbocycles. The smallest absolute Gasteiger partial charge is 0.138 e. The fourth-order valence-electron chi connectivity index (χ4n) is 1.57. The first-order valence-corrected chi connectivity index (χ1v) is 6.52. The molecule has 1 aromatic rings. The van der Waals surface area contributed by atoms with Crippen molar-refractivity contribution in [3.8, 4) is 0 Å². The molecule has 1 aromatic heterocycles. The Hall–Kier alpha value is -0.190. The SMILES string of the molecule is CC(C)N(Cc1nnsc1Cl)CC1CC1. The molecule has 0 spiro atoms. The number of hydrogen-bond acceptors (Lipinski definition) is 4. The highest BCUT2D eigenvalue weighted by Crippen LogP contribution is 2.31. The van der Waals surface area contributed by atoms with E-state index in [4.69, 9.17) is 11.6 Å². The van der Waals surface area contributed by atoms with Crippen LogP contribution in [0.1, 0.15) is 32.4 Å². The summed E-state index contributed by atoms with van der Waals surface area (Å²) >= 11 is 7.28. The molecule has 15 heavy (non-hydrogen) atoms. The molecule has 1 saturated carbocycles. The molecule has 1 heterocycles. The van der Waals surface area contributed by atoms with Crippen LogP contribution in [-0.2, 0) is 6.54 Å². The van der Waals surface area contributed by atoms with E-state index in [1.54, 1.807) is 0 Å². The van der Waals surface area contributed by atoms with Gasteiger partial charge in [-0.05, 0) is 32.6 Å². The van der Waals surface area contributed by atoms with Gasteiger partial charge in [0.15, 0.2) is 0 Å². The molecule has 1 fully saturated rings. The van der Waals surface area contributed by atoms with Crippen LogP contribution in [0.5, 0.6) is 0 Å². The average molecular weight is 246 g/mol. The zero-order valence-electron chi connectivity index (χ0n) is 9.11. The van der Waals surface area contributed by atoms with Crippen molar-refractivity contribution >= 4 is 23.1 Å². The van der Waals surface area contributed by atoms with Gasteiger partial charge in [0.2, 0.25) is 0 Å². The molecule has 0 radical (unpaired) electrons. The Kier molecular flexibility index (Phi) is 3.59. The Morgan fingerprint density at radius 2 is 2.27 bits per heavy atom. The fraction of sp³-hybridized carbons (Fsp3) is 0.800. The third kappa shape index (κ3) is 3.13. The van der Waals surface area contributed by atoms with Crippen LogP contribution in [-0.4, -0.2) is 27.1 Å². The average Bonchev–Trinajstić information content (AvgIpc) is 2.90. The van der Waals surface area contributed by atoms with Crippen molar-refractivity contribution in [1.29, 1.82) is 0 Å². The summed E-state index contributed by atoms with van der Waals surface area (Å²) < 4.78 is 4.59. The summed E-state index contributed by atoms with van der Waals surface area (Å²) in [5.41, 5.74) is 0.927. The lowest BCUT2D eigenvalue weighted by Gasteiger charge is -2.25. The number of rotatable bonds is 5. The van der Waals surface area contributed by atoms with Crippen molar-refractivity contribution in [3.05, 3.63) is 10.0 Å². The van der Waals surface area contributed by atoms with E-state index in [1.807, 2.05) is 0 Å². The topological polar surface area (TPSA) is 29.0 Å². The Bertz CT molecular complexity index is 322. The Balaban J connectivity index is 1.96. The zero-order valence-corrected chi connectivity index (χ0v) is 10.7. The third-order valence-electron chi connectivity index (χ3n) is 2.78. The highest BCUT2D eigenvalue weighted by molar-refractivity contribution is 7.10. The van der Waals surface area contributed by atoms with Gasteiger partial charge in [0.25, 0.3) is 0 Å². The van der Waals surface area contributed by atoms with Crippen molar-refractivity contribution in [2.24, 2.45) is 5.92 Å². The number of nitrogens with zero attached hydrogens (tertiary/aromatic N) is 3. The van der Waals surface area contributed by atoms with Crippen molar-refractivity contribution in [2.75, 3.05) is 6.54 Å². The first-order chi connectivity index (χ1) is 7.16. The van der Waals surface area contributed by atoms with Crippen LogP contribution in [0.3, 0.4) is 0 Å². The number of hydrogen-bond donors (Lipinski definition) is 0. The minimum atomic E-state index is 0.545. The highest BCUT2D eigenvalue weighted by atomic mass is 35.5.